The van der Waals surface area contributed by atoms with E-state index in [4.69, 9.17) is 5.11 Å². The maximum Gasteiger partial charge on any atom is 0.0540 e. The molecular weight excluding hydrogens is 180 g/mol. The van der Waals surface area contributed by atoms with Crippen molar-refractivity contribution in [1.82, 2.24) is 0 Å². The Hall–Kier alpha value is 0.440. The van der Waals surface area contributed by atoms with E-state index >= 15 is 0 Å². The Balaban J connectivity index is 2.18. The third-order valence-electron chi connectivity index (χ3n) is 2.03. The van der Waals surface area contributed by atoms with Gasteiger partial charge in [0.2, 0.25) is 0 Å². The normalized spacial score (nSPS) is 36.7. The van der Waals surface area contributed by atoms with Crippen molar-refractivity contribution < 1.29 is 5.11 Å². The van der Waals surface area contributed by atoms with E-state index in [1.807, 2.05) is 0 Å². The monoisotopic (exact) mass is 192 g/mol. The summed E-state index contributed by atoms with van der Waals surface area (Å²) in [5, 5.41) is 10.2. The standard InChI is InChI=1S/C7H13BrO/c8-5-6-1-3-7(9)4-2-6/h6-7,9H,1-5H2/t6-,7-. The number of hydrogen-bond donors (Lipinski definition) is 1. The van der Waals surface area contributed by atoms with Crippen LogP contribution < -0.4 is 0 Å². The predicted octanol–water partition coefficient (Wildman–Crippen LogP) is 1.93. The van der Waals surface area contributed by atoms with Crippen LogP contribution in [0.1, 0.15) is 25.7 Å². The van der Waals surface area contributed by atoms with Gasteiger partial charge in [-0.2, -0.15) is 0 Å². The first-order chi connectivity index (χ1) is 4.33. The molecule has 54 valence electrons. The number of aliphatic hydroxyl groups excluding tert-OH is 1. The third kappa shape index (κ3) is 2.26. The molecule has 1 fully saturated rings. The molecule has 1 aliphatic carbocycles. The van der Waals surface area contributed by atoms with Gasteiger partial charge in [-0.3, -0.25) is 0 Å². The van der Waals surface area contributed by atoms with E-state index < -0.39 is 0 Å². The molecule has 0 heterocycles. The minimum absolute atomic E-state index is 0.000278. The summed E-state index contributed by atoms with van der Waals surface area (Å²) in [5.74, 6) is 0.827. The van der Waals surface area contributed by atoms with Crippen molar-refractivity contribution in [2.24, 2.45) is 5.92 Å². The molecule has 0 radical (unpaired) electrons. The van der Waals surface area contributed by atoms with E-state index in [0.717, 1.165) is 24.1 Å². The average Bonchev–Trinajstić information content (AvgIpc) is 1.90. The quantitative estimate of drug-likeness (QED) is 0.631. The molecule has 2 heteroatoms. The number of halogens is 1. The largest absolute Gasteiger partial charge is 0.393 e. The smallest absolute Gasteiger partial charge is 0.0540 e. The van der Waals surface area contributed by atoms with Gasteiger partial charge in [0.15, 0.2) is 0 Å². The van der Waals surface area contributed by atoms with Crippen LogP contribution in [0.25, 0.3) is 0 Å². The van der Waals surface area contributed by atoms with Crippen molar-refractivity contribution >= 4 is 15.9 Å². The highest BCUT2D eigenvalue weighted by Crippen LogP contribution is 2.25. The molecule has 0 aromatic carbocycles. The lowest BCUT2D eigenvalue weighted by molar-refractivity contribution is 0.114. The molecule has 1 nitrogen and oxygen atoms in total. The molecule has 0 spiro atoms. The zero-order valence-electron chi connectivity index (χ0n) is 5.52. The zero-order chi connectivity index (χ0) is 6.69. The fourth-order valence-corrected chi connectivity index (χ4v) is 1.95. The first-order valence-electron chi connectivity index (χ1n) is 3.57. The summed E-state index contributed by atoms with van der Waals surface area (Å²) in [5.41, 5.74) is 0. The molecule has 0 aromatic heterocycles. The van der Waals surface area contributed by atoms with Crippen molar-refractivity contribution in [3.63, 3.8) is 0 Å². The third-order valence-corrected chi connectivity index (χ3v) is 2.95. The molecule has 0 aliphatic heterocycles. The van der Waals surface area contributed by atoms with Crippen LogP contribution in [0, 0.1) is 5.92 Å². The van der Waals surface area contributed by atoms with Gasteiger partial charge >= 0.3 is 0 Å². The topological polar surface area (TPSA) is 20.2 Å². The maximum absolute atomic E-state index is 9.11. The summed E-state index contributed by atoms with van der Waals surface area (Å²) in [6.45, 7) is 0. The van der Waals surface area contributed by atoms with Crippen molar-refractivity contribution in [2.75, 3.05) is 5.33 Å². The van der Waals surface area contributed by atoms with Crippen molar-refractivity contribution in [1.29, 1.82) is 0 Å². The van der Waals surface area contributed by atoms with Crippen molar-refractivity contribution in [2.45, 2.75) is 31.8 Å². The molecule has 0 saturated heterocycles. The van der Waals surface area contributed by atoms with Gasteiger partial charge in [0, 0.05) is 5.33 Å². The zero-order valence-corrected chi connectivity index (χ0v) is 7.10. The van der Waals surface area contributed by atoms with Crippen LogP contribution in [0.2, 0.25) is 0 Å². The van der Waals surface area contributed by atoms with Crippen LogP contribution in [0.4, 0.5) is 0 Å². The SMILES string of the molecule is O[C@H]1CC[C@H](CBr)CC1. The highest BCUT2D eigenvalue weighted by molar-refractivity contribution is 9.09. The maximum atomic E-state index is 9.11. The molecule has 0 amide bonds. The Morgan fingerprint density at radius 3 is 2.22 bits per heavy atom. The molecule has 0 aromatic rings. The Morgan fingerprint density at radius 2 is 1.78 bits per heavy atom. The van der Waals surface area contributed by atoms with Gasteiger partial charge in [0.1, 0.15) is 0 Å². The van der Waals surface area contributed by atoms with Gasteiger partial charge in [0.05, 0.1) is 6.10 Å². The highest BCUT2D eigenvalue weighted by atomic mass is 79.9. The van der Waals surface area contributed by atoms with Gasteiger partial charge in [-0.05, 0) is 31.6 Å². The van der Waals surface area contributed by atoms with Crippen LogP contribution in [0.15, 0.2) is 0 Å². The number of alkyl halides is 1. The second-order valence-corrected chi connectivity index (χ2v) is 3.48. The van der Waals surface area contributed by atoms with Crippen LogP contribution in [-0.4, -0.2) is 16.5 Å². The molecule has 0 bridgehead atoms. The van der Waals surface area contributed by atoms with E-state index in [1.54, 1.807) is 0 Å². The van der Waals surface area contributed by atoms with Gasteiger partial charge in [-0.1, -0.05) is 15.9 Å². The van der Waals surface area contributed by atoms with E-state index in [9.17, 15) is 0 Å². The fraction of sp³-hybridized carbons (Fsp3) is 1.00. The average molecular weight is 193 g/mol. The molecule has 9 heavy (non-hydrogen) atoms. The Bertz CT molecular complexity index is 77.0. The summed E-state index contributed by atoms with van der Waals surface area (Å²) >= 11 is 3.45. The molecular formula is C7H13BrO. The lowest BCUT2D eigenvalue weighted by atomic mass is 9.89. The summed E-state index contributed by atoms with van der Waals surface area (Å²) < 4.78 is 0. The number of rotatable bonds is 1. The molecule has 0 atom stereocenters. The lowest BCUT2D eigenvalue weighted by Crippen LogP contribution is -2.18. The molecule has 1 saturated carbocycles. The van der Waals surface area contributed by atoms with Crippen LogP contribution in [-0.2, 0) is 0 Å². The summed E-state index contributed by atoms with van der Waals surface area (Å²) in [4.78, 5) is 0. The van der Waals surface area contributed by atoms with Gasteiger partial charge < -0.3 is 5.11 Å². The van der Waals surface area contributed by atoms with E-state index in [2.05, 4.69) is 15.9 Å². The highest BCUT2D eigenvalue weighted by Gasteiger charge is 2.17. The second-order valence-electron chi connectivity index (χ2n) is 2.83. The van der Waals surface area contributed by atoms with Crippen LogP contribution in [0.3, 0.4) is 0 Å². The second kappa shape index (κ2) is 3.57. The Morgan fingerprint density at radius 1 is 1.22 bits per heavy atom. The minimum atomic E-state index is 0.000278. The lowest BCUT2D eigenvalue weighted by Gasteiger charge is -2.23. The molecule has 0 unspecified atom stereocenters. The summed E-state index contributed by atoms with van der Waals surface area (Å²) in [6, 6.07) is 0. The van der Waals surface area contributed by atoms with Gasteiger partial charge in [-0.25, -0.2) is 0 Å². The minimum Gasteiger partial charge on any atom is -0.393 e. The van der Waals surface area contributed by atoms with Crippen LogP contribution >= 0.6 is 15.9 Å². The molecule has 1 N–H and O–H groups in total. The predicted molar refractivity (Wildman–Crippen MR) is 41.8 cm³/mol. The van der Waals surface area contributed by atoms with Gasteiger partial charge in [-0.15, -0.1) is 0 Å². The van der Waals surface area contributed by atoms with E-state index in [-0.39, 0.29) is 6.10 Å². The first kappa shape index (κ1) is 7.55. The Kier molecular flexibility index (Phi) is 2.99. The van der Waals surface area contributed by atoms with Crippen LogP contribution in [0.5, 0.6) is 0 Å². The fourth-order valence-electron chi connectivity index (χ4n) is 1.30. The summed E-state index contributed by atoms with van der Waals surface area (Å²) in [7, 11) is 0. The Labute approximate surface area is 64.6 Å². The van der Waals surface area contributed by atoms with Crippen molar-refractivity contribution in [3.05, 3.63) is 0 Å². The summed E-state index contributed by atoms with van der Waals surface area (Å²) in [6.07, 6.45) is 4.42. The van der Waals surface area contributed by atoms with E-state index in [1.165, 1.54) is 12.8 Å². The van der Waals surface area contributed by atoms with E-state index in [0.29, 0.717) is 0 Å². The van der Waals surface area contributed by atoms with Crippen molar-refractivity contribution in [3.8, 4) is 0 Å². The van der Waals surface area contributed by atoms with Gasteiger partial charge in [0.25, 0.3) is 0 Å². The number of aliphatic hydroxyl groups is 1. The number of hydrogen-bond acceptors (Lipinski definition) is 1. The first-order valence-corrected chi connectivity index (χ1v) is 4.69. The molecule has 1 aliphatic rings. The molecule has 1 rings (SSSR count).